The van der Waals surface area contributed by atoms with Gasteiger partial charge in [-0.15, -0.1) is 0 Å². The predicted octanol–water partition coefficient (Wildman–Crippen LogP) is 5.36. The molecule has 1 aliphatic heterocycles. The molecule has 11 heteroatoms. The number of carbonyl (C=O) groups is 3. The fraction of sp³-hybridized carbons (Fsp3) is 0.115. The van der Waals surface area contributed by atoms with E-state index in [9.17, 15) is 18.8 Å². The Hall–Kier alpha value is -3.89. The van der Waals surface area contributed by atoms with Crippen molar-refractivity contribution in [2.24, 2.45) is 0 Å². The predicted molar refractivity (Wildman–Crippen MR) is 140 cm³/mol. The van der Waals surface area contributed by atoms with Crippen molar-refractivity contribution in [3.8, 4) is 11.5 Å². The summed E-state index contributed by atoms with van der Waals surface area (Å²) < 4.78 is 25.2. The summed E-state index contributed by atoms with van der Waals surface area (Å²) in [5, 5.41) is 5.30. The molecule has 37 heavy (non-hydrogen) atoms. The fourth-order valence-electron chi connectivity index (χ4n) is 3.53. The van der Waals surface area contributed by atoms with Crippen LogP contribution in [0.25, 0.3) is 6.08 Å². The standard InChI is InChI=1S/C26H20BrClFN3O5/c1-36-22-9-5-4-8-20(22)30-23(33)13-32-25(34)21(31-26(32)35)12-15-10-17(27)24(18(28)11-15)37-14-16-6-2-3-7-19(16)29/h2-12H,13-14H2,1H3,(H,30,33)(H,31,35)/b21-12+. The summed E-state index contributed by atoms with van der Waals surface area (Å²) in [5.41, 5.74) is 1.23. The van der Waals surface area contributed by atoms with Crippen LogP contribution in [0, 0.1) is 5.82 Å². The number of nitrogens with one attached hydrogen (secondary N) is 2. The summed E-state index contributed by atoms with van der Waals surface area (Å²) in [4.78, 5) is 38.5. The molecule has 0 aromatic heterocycles. The van der Waals surface area contributed by atoms with E-state index in [0.717, 1.165) is 4.90 Å². The Labute approximate surface area is 225 Å². The van der Waals surface area contributed by atoms with Gasteiger partial charge in [-0.1, -0.05) is 41.9 Å². The molecule has 0 aliphatic carbocycles. The molecular formula is C26H20BrClFN3O5. The van der Waals surface area contributed by atoms with Crippen LogP contribution in [0.5, 0.6) is 11.5 Å². The van der Waals surface area contributed by atoms with E-state index in [-0.39, 0.29) is 17.3 Å². The summed E-state index contributed by atoms with van der Waals surface area (Å²) in [6, 6.07) is 15.4. The summed E-state index contributed by atoms with van der Waals surface area (Å²) in [5.74, 6) is -0.905. The molecule has 1 saturated heterocycles. The van der Waals surface area contributed by atoms with Crippen LogP contribution in [-0.2, 0) is 16.2 Å². The number of hydrogen-bond acceptors (Lipinski definition) is 5. The Morgan fingerprint density at radius 3 is 2.62 bits per heavy atom. The number of carbonyl (C=O) groups excluding carboxylic acids is 3. The molecule has 3 aromatic rings. The van der Waals surface area contributed by atoms with E-state index < -0.39 is 30.2 Å². The Balaban J connectivity index is 1.45. The minimum Gasteiger partial charge on any atom is -0.495 e. The van der Waals surface area contributed by atoms with Gasteiger partial charge in [0.05, 0.1) is 22.3 Å². The summed E-state index contributed by atoms with van der Waals surface area (Å²) >= 11 is 9.74. The Morgan fingerprint density at radius 2 is 1.89 bits per heavy atom. The van der Waals surface area contributed by atoms with Gasteiger partial charge in [-0.05, 0) is 57.9 Å². The number of halogens is 3. The maximum atomic E-state index is 13.9. The van der Waals surface area contributed by atoms with Crippen molar-refractivity contribution in [3.05, 3.63) is 92.8 Å². The van der Waals surface area contributed by atoms with Crippen LogP contribution in [-0.4, -0.2) is 36.4 Å². The van der Waals surface area contributed by atoms with E-state index in [0.29, 0.717) is 32.8 Å². The number of rotatable bonds is 8. The molecule has 0 unspecified atom stereocenters. The van der Waals surface area contributed by atoms with Crippen LogP contribution in [0.15, 0.2) is 70.8 Å². The van der Waals surface area contributed by atoms with Crippen LogP contribution in [0.4, 0.5) is 14.9 Å². The lowest BCUT2D eigenvalue weighted by Crippen LogP contribution is -2.38. The average molecular weight is 589 g/mol. The van der Waals surface area contributed by atoms with Crippen LogP contribution in [0.3, 0.4) is 0 Å². The highest BCUT2D eigenvalue weighted by Crippen LogP contribution is 2.36. The van der Waals surface area contributed by atoms with Gasteiger partial charge in [-0.2, -0.15) is 0 Å². The highest BCUT2D eigenvalue weighted by Gasteiger charge is 2.35. The molecule has 0 bridgehead atoms. The van der Waals surface area contributed by atoms with Gasteiger partial charge in [0.2, 0.25) is 5.91 Å². The molecule has 8 nitrogen and oxygen atoms in total. The van der Waals surface area contributed by atoms with Crippen molar-refractivity contribution >= 4 is 57.1 Å². The Morgan fingerprint density at radius 1 is 1.16 bits per heavy atom. The minimum atomic E-state index is -0.735. The fourth-order valence-corrected chi connectivity index (χ4v) is 4.52. The van der Waals surface area contributed by atoms with Crippen LogP contribution >= 0.6 is 27.5 Å². The summed E-state index contributed by atoms with van der Waals surface area (Å²) in [7, 11) is 1.46. The molecule has 1 aliphatic rings. The zero-order valence-corrected chi connectivity index (χ0v) is 21.7. The zero-order chi connectivity index (χ0) is 26.5. The molecule has 0 saturated carbocycles. The van der Waals surface area contributed by atoms with Gasteiger partial charge in [0, 0.05) is 5.56 Å². The summed E-state index contributed by atoms with van der Waals surface area (Å²) in [6.45, 7) is -0.529. The van der Waals surface area contributed by atoms with Crippen molar-refractivity contribution in [3.63, 3.8) is 0 Å². The number of ether oxygens (including phenoxy) is 2. The van der Waals surface area contributed by atoms with Crippen molar-refractivity contribution < 1.29 is 28.2 Å². The maximum Gasteiger partial charge on any atom is 0.329 e. The third-order valence-electron chi connectivity index (χ3n) is 5.31. The Bertz CT molecular complexity index is 1390. The minimum absolute atomic E-state index is 0.0296. The van der Waals surface area contributed by atoms with Gasteiger partial charge in [0.25, 0.3) is 5.91 Å². The second kappa shape index (κ2) is 11.4. The number of methoxy groups -OCH3 is 1. The molecular weight excluding hydrogens is 569 g/mol. The number of benzene rings is 3. The molecule has 1 heterocycles. The van der Waals surface area contributed by atoms with Gasteiger partial charge in [-0.25, -0.2) is 14.1 Å². The highest BCUT2D eigenvalue weighted by molar-refractivity contribution is 9.10. The first-order valence-corrected chi connectivity index (χ1v) is 12.1. The van der Waals surface area contributed by atoms with E-state index in [2.05, 4.69) is 26.6 Å². The van der Waals surface area contributed by atoms with Crippen molar-refractivity contribution in [2.45, 2.75) is 6.61 Å². The second-order valence-corrected chi connectivity index (χ2v) is 9.08. The van der Waals surface area contributed by atoms with Crippen molar-refractivity contribution in [1.29, 1.82) is 0 Å². The van der Waals surface area contributed by atoms with Crippen LogP contribution in [0.2, 0.25) is 5.02 Å². The van der Waals surface area contributed by atoms with Gasteiger partial charge in [0.15, 0.2) is 5.75 Å². The van der Waals surface area contributed by atoms with E-state index in [1.807, 2.05) is 0 Å². The number of nitrogens with zero attached hydrogens (tertiary/aromatic N) is 1. The second-order valence-electron chi connectivity index (χ2n) is 7.82. The topological polar surface area (TPSA) is 97.0 Å². The monoisotopic (exact) mass is 587 g/mol. The first kappa shape index (κ1) is 26.2. The van der Waals surface area contributed by atoms with Crippen molar-refractivity contribution in [2.75, 3.05) is 19.0 Å². The molecule has 190 valence electrons. The van der Waals surface area contributed by atoms with Gasteiger partial charge in [-0.3, -0.25) is 9.59 Å². The molecule has 0 spiro atoms. The molecule has 3 aromatic carbocycles. The SMILES string of the molecule is COc1ccccc1NC(=O)CN1C(=O)N/C(=C/c2cc(Cl)c(OCc3ccccc3F)c(Br)c2)C1=O. The van der Waals surface area contributed by atoms with E-state index in [1.165, 1.54) is 25.3 Å². The number of para-hydroxylation sites is 2. The molecule has 2 N–H and O–H groups in total. The Kier molecular flexibility index (Phi) is 8.10. The summed E-state index contributed by atoms with van der Waals surface area (Å²) in [6.07, 6.45) is 1.43. The maximum absolute atomic E-state index is 13.9. The lowest BCUT2D eigenvalue weighted by molar-refractivity contribution is -0.127. The highest BCUT2D eigenvalue weighted by atomic mass is 79.9. The average Bonchev–Trinajstić information content (AvgIpc) is 3.12. The quantitative estimate of drug-likeness (QED) is 0.273. The lowest BCUT2D eigenvalue weighted by Gasteiger charge is -2.13. The van der Waals surface area contributed by atoms with Crippen molar-refractivity contribution in [1.82, 2.24) is 10.2 Å². The van der Waals surface area contributed by atoms with Crippen LogP contribution < -0.4 is 20.1 Å². The molecule has 4 rings (SSSR count). The van der Waals surface area contributed by atoms with Gasteiger partial charge in [0.1, 0.15) is 30.4 Å². The van der Waals surface area contributed by atoms with E-state index in [1.54, 1.807) is 48.5 Å². The number of amides is 4. The molecule has 0 atom stereocenters. The largest absolute Gasteiger partial charge is 0.495 e. The van der Waals surface area contributed by atoms with E-state index >= 15 is 0 Å². The third-order valence-corrected chi connectivity index (χ3v) is 6.18. The zero-order valence-electron chi connectivity index (χ0n) is 19.4. The number of urea groups is 1. The first-order valence-electron chi connectivity index (χ1n) is 10.9. The molecule has 0 radical (unpaired) electrons. The first-order chi connectivity index (χ1) is 17.8. The number of imide groups is 1. The third kappa shape index (κ3) is 6.10. The van der Waals surface area contributed by atoms with Crippen LogP contribution in [0.1, 0.15) is 11.1 Å². The smallest absolute Gasteiger partial charge is 0.329 e. The molecule has 1 fully saturated rings. The molecule has 4 amide bonds. The van der Waals surface area contributed by atoms with Gasteiger partial charge >= 0.3 is 6.03 Å². The lowest BCUT2D eigenvalue weighted by atomic mass is 10.1. The van der Waals surface area contributed by atoms with Gasteiger partial charge < -0.3 is 20.1 Å². The number of anilines is 1. The normalized spacial score (nSPS) is 14.1. The number of hydrogen-bond donors (Lipinski definition) is 2. The van der Waals surface area contributed by atoms with E-state index in [4.69, 9.17) is 21.1 Å².